The lowest BCUT2D eigenvalue weighted by molar-refractivity contribution is 0.153. The summed E-state index contributed by atoms with van der Waals surface area (Å²) in [4.78, 5) is 14.0. The molecule has 148 valence electrons. The van der Waals surface area contributed by atoms with Gasteiger partial charge in [0.2, 0.25) is 0 Å². The monoisotopic (exact) mass is 412 g/mol. The highest BCUT2D eigenvalue weighted by Gasteiger charge is 2.29. The van der Waals surface area contributed by atoms with E-state index in [0.29, 0.717) is 11.1 Å². The molecule has 0 radical (unpaired) electrons. The van der Waals surface area contributed by atoms with Crippen molar-refractivity contribution >= 4 is 28.8 Å². The number of benzene rings is 1. The first-order valence-electron chi connectivity index (χ1n) is 8.50. The number of carbonyl (C=O) groups is 1. The van der Waals surface area contributed by atoms with Crippen molar-refractivity contribution in [2.45, 2.75) is 45.0 Å². The van der Waals surface area contributed by atoms with Crippen LogP contribution in [0.4, 0.5) is 9.18 Å². The predicted molar refractivity (Wildman–Crippen MR) is 109 cm³/mol. The van der Waals surface area contributed by atoms with E-state index in [1.54, 1.807) is 12.1 Å². The van der Waals surface area contributed by atoms with Crippen LogP contribution in [0, 0.1) is 5.82 Å². The standard InChI is InChI=1S/C19H25FN2O3S2/c1-12(21-27(25)19(2,3)4)16-9-10-17(26-16)13-7-6-8-15(20)14(13)11-22(5)18(23)24/h6-10,12,21H,11H2,1-5H3,(H,23,24)/t12-,27-/m1/s1. The van der Waals surface area contributed by atoms with Gasteiger partial charge in [0.25, 0.3) is 0 Å². The van der Waals surface area contributed by atoms with Crippen LogP contribution in [-0.4, -0.2) is 32.4 Å². The molecule has 0 saturated heterocycles. The van der Waals surface area contributed by atoms with Gasteiger partial charge in [-0.2, -0.15) is 0 Å². The van der Waals surface area contributed by atoms with Crippen LogP contribution in [0.25, 0.3) is 10.4 Å². The first-order chi connectivity index (χ1) is 12.5. The normalized spacial score (nSPS) is 14.0. The quantitative estimate of drug-likeness (QED) is 0.670. The second kappa shape index (κ2) is 8.60. The third-order valence-corrected chi connectivity index (χ3v) is 6.98. The molecule has 1 aromatic heterocycles. The van der Waals surface area contributed by atoms with Gasteiger partial charge in [0, 0.05) is 33.7 Å². The van der Waals surface area contributed by atoms with Gasteiger partial charge in [0.05, 0.1) is 12.6 Å². The van der Waals surface area contributed by atoms with Crippen LogP contribution in [-0.2, 0) is 17.9 Å². The maximum Gasteiger partial charge on any atom is 0.407 e. The average Bonchev–Trinajstić information content (AvgIpc) is 3.05. The summed E-state index contributed by atoms with van der Waals surface area (Å²) in [6.45, 7) is 7.61. The zero-order valence-electron chi connectivity index (χ0n) is 16.1. The van der Waals surface area contributed by atoms with Gasteiger partial charge in [-0.1, -0.05) is 12.1 Å². The van der Waals surface area contributed by atoms with E-state index >= 15 is 0 Å². The number of nitrogens with one attached hydrogen (secondary N) is 1. The lowest BCUT2D eigenvalue weighted by Crippen LogP contribution is -2.40. The van der Waals surface area contributed by atoms with E-state index in [1.807, 2.05) is 39.8 Å². The zero-order chi connectivity index (χ0) is 20.4. The maximum absolute atomic E-state index is 14.4. The molecule has 8 heteroatoms. The Morgan fingerprint density at radius 2 is 2.04 bits per heavy atom. The summed E-state index contributed by atoms with van der Waals surface area (Å²) in [6.07, 6.45) is -1.11. The summed E-state index contributed by atoms with van der Waals surface area (Å²) < 4.78 is 29.4. The molecular weight excluding hydrogens is 387 g/mol. The van der Waals surface area contributed by atoms with Crippen molar-refractivity contribution in [3.8, 4) is 10.4 Å². The third kappa shape index (κ3) is 5.44. The van der Waals surface area contributed by atoms with E-state index in [4.69, 9.17) is 5.11 Å². The summed E-state index contributed by atoms with van der Waals surface area (Å²) in [7, 11) is 1.41. The van der Waals surface area contributed by atoms with Crippen molar-refractivity contribution in [1.82, 2.24) is 9.62 Å². The Morgan fingerprint density at radius 1 is 1.37 bits per heavy atom. The van der Waals surface area contributed by atoms with Crippen molar-refractivity contribution in [3.05, 3.63) is 46.6 Å². The van der Waals surface area contributed by atoms with Crippen molar-refractivity contribution in [1.29, 1.82) is 0 Å². The molecule has 0 aliphatic carbocycles. The fraction of sp³-hybridized carbons (Fsp3) is 0.421. The molecule has 0 unspecified atom stereocenters. The molecule has 2 aromatic rings. The number of halogens is 1. The molecule has 2 atom stereocenters. The van der Waals surface area contributed by atoms with Crippen LogP contribution < -0.4 is 4.72 Å². The van der Waals surface area contributed by atoms with Gasteiger partial charge in [0.15, 0.2) is 0 Å². The highest BCUT2D eigenvalue weighted by Crippen LogP contribution is 2.35. The van der Waals surface area contributed by atoms with Crippen LogP contribution in [0.15, 0.2) is 30.3 Å². The van der Waals surface area contributed by atoms with Crippen LogP contribution in [0.5, 0.6) is 0 Å². The van der Waals surface area contributed by atoms with Crippen LogP contribution in [0.3, 0.4) is 0 Å². The minimum absolute atomic E-state index is 0.0353. The van der Waals surface area contributed by atoms with Crippen LogP contribution >= 0.6 is 11.3 Å². The Morgan fingerprint density at radius 3 is 2.63 bits per heavy atom. The second-order valence-electron chi connectivity index (χ2n) is 7.33. The van der Waals surface area contributed by atoms with E-state index in [1.165, 1.54) is 24.5 Å². The molecule has 0 aliphatic rings. The molecule has 1 aromatic carbocycles. The highest BCUT2D eigenvalue weighted by molar-refractivity contribution is 7.90. The average molecular weight is 413 g/mol. The van der Waals surface area contributed by atoms with E-state index in [0.717, 1.165) is 14.7 Å². The summed E-state index contributed by atoms with van der Waals surface area (Å²) in [5.41, 5.74) is 1.01. The van der Waals surface area contributed by atoms with Crippen molar-refractivity contribution in [2.24, 2.45) is 0 Å². The van der Waals surface area contributed by atoms with Gasteiger partial charge in [-0.05, 0) is 51.5 Å². The lowest BCUT2D eigenvalue weighted by atomic mass is 10.0. The Labute approximate surface area is 166 Å². The smallest absolute Gasteiger partial charge is 0.407 e. The summed E-state index contributed by atoms with van der Waals surface area (Å²) in [5, 5.41) is 9.09. The molecule has 0 fully saturated rings. The number of hydrogen-bond acceptors (Lipinski definition) is 4. The van der Waals surface area contributed by atoms with Gasteiger partial charge in [-0.15, -0.1) is 16.1 Å². The molecule has 0 aliphatic heterocycles. The Hall–Kier alpha value is -1.61. The largest absolute Gasteiger partial charge is 0.598 e. The summed E-state index contributed by atoms with van der Waals surface area (Å²) in [6, 6.07) is 8.42. The van der Waals surface area contributed by atoms with Crippen molar-refractivity contribution < 1.29 is 18.8 Å². The fourth-order valence-corrected chi connectivity index (χ4v) is 4.32. The molecule has 2 rings (SSSR count). The van der Waals surface area contributed by atoms with E-state index in [9.17, 15) is 13.7 Å². The topological polar surface area (TPSA) is 75.6 Å². The number of rotatable bonds is 6. The minimum atomic E-state index is -1.20. The first kappa shape index (κ1) is 21.7. The van der Waals surface area contributed by atoms with E-state index < -0.39 is 23.3 Å². The van der Waals surface area contributed by atoms with Gasteiger partial charge >= 0.3 is 6.09 Å². The van der Waals surface area contributed by atoms with Crippen molar-refractivity contribution in [3.63, 3.8) is 0 Å². The molecule has 0 saturated carbocycles. The first-order valence-corrected chi connectivity index (χ1v) is 10.5. The molecule has 1 amide bonds. The van der Waals surface area contributed by atoms with Gasteiger partial charge in [0.1, 0.15) is 10.6 Å². The molecule has 2 N–H and O–H groups in total. The highest BCUT2D eigenvalue weighted by atomic mass is 32.2. The number of thiophene rings is 1. The van der Waals surface area contributed by atoms with Gasteiger partial charge in [-0.25, -0.2) is 9.18 Å². The Balaban J connectivity index is 2.28. The summed E-state index contributed by atoms with van der Waals surface area (Å²) >= 11 is 0.276. The molecule has 1 heterocycles. The number of carboxylic acid groups (broad SMARTS) is 1. The van der Waals surface area contributed by atoms with E-state index in [2.05, 4.69) is 4.72 Å². The SMILES string of the molecule is C[C@@H](N[S@+]([O-])C(C)(C)C)c1ccc(-c2cccc(F)c2CN(C)C(=O)O)s1. The predicted octanol–water partition coefficient (Wildman–Crippen LogP) is 4.78. The van der Waals surface area contributed by atoms with Gasteiger partial charge < -0.3 is 14.6 Å². The fourth-order valence-electron chi connectivity index (χ4n) is 2.38. The molecule has 5 nitrogen and oxygen atoms in total. The number of nitrogens with zero attached hydrogens (tertiary/aromatic N) is 1. The van der Waals surface area contributed by atoms with E-state index in [-0.39, 0.29) is 17.3 Å². The number of hydrogen-bond donors (Lipinski definition) is 2. The minimum Gasteiger partial charge on any atom is -0.598 e. The molecule has 27 heavy (non-hydrogen) atoms. The van der Waals surface area contributed by atoms with Crippen LogP contribution in [0.1, 0.15) is 44.2 Å². The van der Waals surface area contributed by atoms with Gasteiger partial charge in [-0.3, -0.25) is 0 Å². The van der Waals surface area contributed by atoms with Crippen molar-refractivity contribution in [2.75, 3.05) is 7.05 Å². The second-order valence-corrected chi connectivity index (χ2v) is 10.4. The molecule has 0 bridgehead atoms. The number of amides is 1. The molecule has 0 spiro atoms. The zero-order valence-corrected chi connectivity index (χ0v) is 17.7. The third-order valence-electron chi connectivity index (χ3n) is 4.00. The Bertz CT molecular complexity index is 804. The van der Waals surface area contributed by atoms with Crippen LogP contribution in [0.2, 0.25) is 0 Å². The maximum atomic E-state index is 14.4. The Kier molecular flexibility index (Phi) is 6.91. The summed E-state index contributed by atoms with van der Waals surface area (Å²) in [5.74, 6) is -0.435. The lowest BCUT2D eigenvalue weighted by Gasteiger charge is -2.26. The molecular formula is C19H25FN2O3S2.